The first-order valence-corrected chi connectivity index (χ1v) is 7.68. The van der Waals surface area contributed by atoms with E-state index in [4.69, 9.17) is 12.2 Å². The zero-order valence-corrected chi connectivity index (χ0v) is 14.2. The lowest BCUT2D eigenvalue weighted by molar-refractivity contribution is -0.114. The summed E-state index contributed by atoms with van der Waals surface area (Å²) in [4.78, 5) is 30.7. The SMILES string of the molecule is CC(=O)n1c(/C=C2/C=c3ccc(C)c(C)c3=NC2=O)c(O)[nH]c1=S. The third-order valence-corrected chi connectivity index (χ3v) is 4.31. The molecule has 2 N–H and O–H groups in total. The number of hydrogen-bond acceptors (Lipinski definition) is 4. The maximum Gasteiger partial charge on any atom is 0.277 e. The van der Waals surface area contributed by atoms with E-state index in [1.807, 2.05) is 26.0 Å². The van der Waals surface area contributed by atoms with Crippen LogP contribution < -0.4 is 10.6 Å². The molecule has 0 aliphatic carbocycles. The van der Waals surface area contributed by atoms with Crippen molar-refractivity contribution < 1.29 is 14.7 Å². The van der Waals surface area contributed by atoms with Crippen LogP contribution in [0.25, 0.3) is 12.2 Å². The van der Waals surface area contributed by atoms with Crippen LogP contribution in [0.15, 0.2) is 22.7 Å². The van der Waals surface area contributed by atoms with Crippen molar-refractivity contribution in [2.24, 2.45) is 4.99 Å². The van der Waals surface area contributed by atoms with Gasteiger partial charge in [0.15, 0.2) is 4.77 Å². The monoisotopic (exact) mass is 341 g/mol. The summed E-state index contributed by atoms with van der Waals surface area (Å²) >= 11 is 5.01. The average molecular weight is 341 g/mol. The van der Waals surface area contributed by atoms with Crippen LogP contribution in [0.3, 0.4) is 0 Å². The zero-order chi connectivity index (χ0) is 17.6. The summed E-state index contributed by atoms with van der Waals surface area (Å²) in [5.74, 6) is -1.07. The highest BCUT2D eigenvalue weighted by Crippen LogP contribution is 2.21. The van der Waals surface area contributed by atoms with E-state index in [0.29, 0.717) is 5.36 Å². The molecule has 3 rings (SSSR count). The van der Waals surface area contributed by atoms with Crippen LogP contribution in [0.2, 0.25) is 0 Å². The molecule has 122 valence electrons. The van der Waals surface area contributed by atoms with Gasteiger partial charge in [0, 0.05) is 17.7 Å². The number of hydrogen-bond donors (Lipinski definition) is 2. The number of H-pyrrole nitrogens is 1. The summed E-state index contributed by atoms with van der Waals surface area (Å²) in [6, 6.07) is 3.84. The number of rotatable bonds is 1. The molecule has 0 bridgehead atoms. The topological polar surface area (TPSA) is 87.4 Å². The predicted molar refractivity (Wildman–Crippen MR) is 91.7 cm³/mol. The molecular weight excluding hydrogens is 326 g/mol. The predicted octanol–water partition coefficient (Wildman–Crippen LogP) is 1.55. The van der Waals surface area contributed by atoms with Gasteiger partial charge in [0.1, 0.15) is 5.69 Å². The average Bonchev–Trinajstić information content (AvgIpc) is 2.79. The van der Waals surface area contributed by atoms with E-state index in [-0.39, 0.29) is 27.8 Å². The lowest BCUT2D eigenvalue weighted by Crippen LogP contribution is -2.33. The van der Waals surface area contributed by atoms with Crippen molar-refractivity contribution >= 4 is 36.2 Å². The van der Waals surface area contributed by atoms with E-state index in [2.05, 4.69) is 9.98 Å². The molecule has 7 heteroatoms. The van der Waals surface area contributed by atoms with Gasteiger partial charge in [0.2, 0.25) is 11.8 Å². The Morgan fingerprint density at radius 2 is 2.08 bits per heavy atom. The van der Waals surface area contributed by atoms with E-state index in [1.54, 1.807) is 6.08 Å². The molecule has 2 heterocycles. The molecule has 0 spiro atoms. The van der Waals surface area contributed by atoms with Crippen LogP contribution >= 0.6 is 12.2 Å². The Kier molecular flexibility index (Phi) is 3.81. The Bertz CT molecular complexity index is 1100. The largest absolute Gasteiger partial charge is 0.493 e. The highest BCUT2D eigenvalue weighted by molar-refractivity contribution is 7.71. The summed E-state index contributed by atoms with van der Waals surface area (Å²) in [6.45, 7) is 5.20. The maximum absolute atomic E-state index is 12.3. The van der Waals surface area contributed by atoms with Crippen molar-refractivity contribution in [3.8, 4) is 5.88 Å². The van der Waals surface area contributed by atoms with Gasteiger partial charge >= 0.3 is 0 Å². The molecule has 6 nitrogen and oxygen atoms in total. The number of carbonyl (C=O) groups is 2. The summed E-state index contributed by atoms with van der Waals surface area (Å²) in [5.41, 5.74) is 2.41. The number of nitrogens with one attached hydrogen (secondary N) is 1. The van der Waals surface area contributed by atoms with Gasteiger partial charge in [-0.15, -0.1) is 0 Å². The Morgan fingerprint density at radius 1 is 1.38 bits per heavy atom. The smallest absolute Gasteiger partial charge is 0.277 e. The molecule has 0 saturated carbocycles. The van der Waals surface area contributed by atoms with E-state index in [0.717, 1.165) is 20.9 Å². The number of aromatic amines is 1. The molecule has 1 amide bonds. The van der Waals surface area contributed by atoms with Gasteiger partial charge in [-0.2, -0.15) is 0 Å². The number of imidazole rings is 1. The van der Waals surface area contributed by atoms with Crippen LogP contribution in [-0.2, 0) is 4.79 Å². The fourth-order valence-electron chi connectivity index (χ4n) is 2.61. The minimum atomic E-state index is -0.433. The van der Waals surface area contributed by atoms with Crippen molar-refractivity contribution in [1.29, 1.82) is 0 Å². The number of amides is 1. The third-order valence-electron chi connectivity index (χ3n) is 4.02. The Labute approximate surface area is 142 Å². The molecule has 0 atom stereocenters. The summed E-state index contributed by atoms with van der Waals surface area (Å²) in [6.07, 6.45) is 3.10. The fraction of sp³-hybridized carbons (Fsp3) is 0.176. The molecule has 0 radical (unpaired) electrons. The van der Waals surface area contributed by atoms with Gasteiger partial charge in [-0.25, -0.2) is 4.99 Å². The first-order valence-electron chi connectivity index (χ1n) is 7.27. The normalized spacial score (nSPS) is 15.0. The molecular formula is C17H15N3O3S. The first kappa shape index (κ1) is 16.1. The van der Waals surface area contributed by atoms with Gasteiger partial charge in [-0.05, 0) is 49.3 Å². The van der Waals surface area contributed by atoms with Gasteiger partial charge in [0.05, 0.1) is 5.36 Å². The maximum atomic E-state index is 12.3. The van der Waals surface area contributed by atoms with Crippen LogP contribution in [0, 0.1) is 18.6 Å². The molecule has 2 aromatic rings. The number of aromatic nitrogens is 2. The number of nitrogens with zero attached hydrogens (tertiary/aromatic N) is 2. The van der Waals surface area contributed by atoms with E-state index in [9.17, 15) is 14.7 Å². The Hall–Kier alpha value is -2.80. The van der Waals surface area contributed by atoms with Crippen LogP contribution in [0.4, 0.5) is 0 Å². The molecule has 1 aromatic carbocycles. The third kappa shape index (κ3) is 2.52. The second-order valence-electron chi connectivity index (χ2n) is 5.62. The number of aromatic hydroxyl groups is 1. The summed E-state index contributed by atoms with van der Waals surface area (Å²) in [7, 11) is 0. The van der Waals surface area contributed by atoms with E-state index < -0.39 is 5.91 Å². The first-order chi connectivity index (χ1) is 11.3. The Balaban J connectivity index is 2.25. The molecule has 24 heavy (non-hydrogen) atoms. The van der Waals surface area contributed by atoms with Gasteiger partial charge < -0.3 is 10.1 Å². The minimum absolute atomic E-state index is 0.0684. The van der Waals surface area contributed by atoms with Crippen molar-refractivity contribution in [3.63, 3.8) is 0 Å². The fourth-order valence-corrected chi connectivity index (χ4v) is 2.94. The number of benzene rings is 1. The second kappa shape index (κ2) is 5.68. The molecule has 1 aliphatic heterocycles. The molecule has 0 saturated heterocycles. The summed E-state index contributed by atoms with van der Waals surface area (Å²) < 4.78 is 1.20. The molecule has 1 aromatic heterocycles. The van der Waals surface area contributed by atoms with Gasteiger partial charge in [-0.1, -0.05) is 12.1 Å². The van der Waals surface area contributed by atoms with Crippen LogP contribution in [0.5, 0.6) is 5.88 Å². The number of aryl methyl sites for hydroxylation is 1. The lowest BCUT2D eigenvalue weighted by Gasteiger charge is -2.08. The lowest BCUT2D eigenvalue weighted by atomic mass is 10.0. The van der Waals surface area contributed by atoms with Crippen molar-refractivity contribution in [1.82, 2.24) is 9.55 Å². The quantitative estimate of drug-likeness (QED) is 0.609. The highest BCUT2D eigenvalue weighted by Gasteiger charge is 2.17. The van der Waals surface area contributed by atoms with Crippen molar-refractivity contribution in [3.05, 3.63) is 49.9 Å². The van der Waals surface area contributed by atoms with E-state index >= 15 is 0 Å². The molecule has 0 unspecified atom stereocenters. The van der Waals surface area contributed by atoms with Gasteiger partial charge in [-0.3, -0.25) is 14.2 Å². The molecule has 1 aliphatic rings. The van der Waals surface area contributed by atoms with E-state index in [1.165, 1.54) is 13.0 Å². The van der Waals surface area contributed by atoms with Crippen LogP contribution in [0.1, 0.15) is 28.5 Å². The standard InChI is InChI=1S/C17H15N3O3S/c1-8-4-5-11-6-12(15(22)18-14(11)9(8)2)7-13-16(23)19-17(24)20(13)10(3)21/h4-7,23H,1-3H3,(H,19,24)/b12-7-. The second-order valence-corrected chi connectivity index (χ2v) is 6.01. The highest BCUT2D eigenvalue weighted by atomic mass is 32.1. The minimum Gasteiger partial charge on any atom is -0.493 e. The summed E-state index contributed by atoms with van der Waals surface area (Å²) in [5, 5.41) is 11.4. The van der Waals surface area contributed by atoms with Crippen molar-refractivity contribution in [2.45, 2.75) is 20.8 Å². The molecule has 0 fully saturated rings. The van der Waals surface area contributed by atoms with Gasteiger partial charge in [0.25, 0.3) is 5.91 Å². The number of fused-ring (bicyclic) bond motifs is 1. The Morgan fingerprint density at radius 3 is 2.75 bits per heavy atom. The van der Waals surface area contributed by atoms with Crippen molar-refractivity contribution in [2.75, 3.05) is 0 Å². The van der Waals surface area contributed by atoms with Crippen LogP contribution in [-0.4, -0.2) is 26.5 Å². The zero-order valence-electron chi connectivity index (χ0n) is 13.4. The number of carbonyl (C=O) groups excluding carboxylic acids is 2.